The number of carbonyl (C=O) groups excluding carboxylic acids is 2. The molecule has 1 saturated carbocycles. The van der Waals surface area contributed by atoms with Crippen LogP contribution in [0, 0.1) is 16.7 Å². The third-order valence-electron chi connectivity index (χ3n) is 4.77. The van der Waals surface area contributed by atoms with E-state index in [0.717, 1.165) is 5.57 Å². The summed E-state index contributed by atoms with van der Waals surface area (Å²) in [5, 5.41) is 0. The molecule has 2 bridgehead atoms. The molecule has 0 N–H and O–H groups in total. The van der Waals surface area contributed by atoms with Crippen molar-refractivity contribution < 1.29 is 14.3 Å². The molecule has 2 aliphatic carbocycles. The molecule has 2 atom stereocenters. The summed E-state index contributed by atoms with van der Waals surface area (Å²) in [5.41, 5.74) is 1.01. The predicted molar refractivity (Wildman–Crippen MR) is 73.5 cm³/mol. The van der Waals surface area contributed by atoms with Gasteiger partial charge in [-0.15, -0.1) is 0 Å². The smallest absolute Gasteiger partial charge is 0.316 e. The van der Waals surface area contributed by atoms with Crippen molar-refractivity contribution in [2.24, 2.45) is 16.7 Å². The van der Waals surface area contributed by atoms with Gasteiger partial charge in [0.25, 0.3) is 0 Å². The summed E-state index contributed by atoms with van der Waals surface area (Å²) in [6, 6.07) is 0. The fourth-order valence-corrected chi connectivity index (χ4v) is 3.66. The van der Waals surface area contributed by atoms with Crippen molar-refractivity contribution in [1.82, 2.24) is 0 Å². The van der Waals surface area contributed by atoms with E-state index in [4.69, 9.17) is 4.74 Å². The van der Waals surface area contributed by atoms with E-state index in [1.54, 1.807) is 0 Å². The summed E-state index contributed by atoms with van der Waals surface area (Å²) >= 11 is 0. The molecule has 3 nitrogen and oxygen atoms in total. The SMILES string of the molecule is CC=C1[C@H]2C=C(C)C[C@]1(C(=O)OC)CC(=O)C2(C)C. The molecule has 0 aromatic heterocycles. The van der Waals surface area contributed by atoms with E-state index >= 15 is 0 Å². The molecule has 0 unspecified atom stereocenters. The zero-order valence-corrected chi connectivity index (χ0v) is 12.4. The fraction of sp³-hybridized carbons (Fsp3) is 0.625. The lowest BCUT2D eigenvalue weighted by atomic mass is 9.51. The number of rotatable bonds is 1. The Morgan fingerprint density at radius 3 is 2.58 bits per heavy atom. The lowest BCUT2D eigenvalue weighted by Crippen LogP contribution is -2.52. The minimum atomic E-state index is -0.764. The summed E-state index contributed by atoms with van der Waals surface area (Å²) in [4.78, 5) is 24.8. The van der Waals surface area contributed by atoms with E-state index in [9.17, 15) is 9.59 Å². The van der Waals surface area contributed by atoms with Gasteiger partial charge in [0.15, 0.2) is 0 Å². The van der Waals surface area contributed by atoms with E-state index in [1.807, 2.05) is 33.8 Å². The molecule has 0 saturated heterocycles. The summed E-state index contributed by atoms with van der Waals surface area (Å²) in [6.07, 6.45) is 5.00. The zero-order valence-electron chi connectivity index (χ0n) is 12.4. The van der Waals surface area contributed by atoms with Crippen LogP contribution in [-0.2, 0) is 14.3 Å². The molecule has 3 heteroatoms. The van der Waals surface area contributed by atoms with E-state index in [-0.39, 0.29) is 24.1 Å². The minimum Gasteiger partial charge on any atom is -0.468 e. The number of ether oxygens (including phenoxy) is 1. The fourth-order valence-electron chi connectivity index (χ4n) is 3.66. The van der Waals surface area contributed by atoms with Gasteiger partial charge in [-0.05, 0) is 25.8 Å². The van der Waals surface area contributed by atoms with Crippen LogP contribution in [0.15, 0.2) is 23.3 Å². The normalized spacial score (nSPS) is 35.0. The van der Waals surface area contributed by atoms with Gasteiger partial charge in [0.05, 0.1) is 12.5 Å². The van der Waals surface area contributed by atoms with Crippen molar-refractivity contribution in [2.45, 2.75) is 40.5 Å². The largest absolute Gasteiger partial charge is 0.468 e. The van der Waals surface area contributed by atoms with Crippen molar-refractivity contribution in [2.75, 3.05) is 7.11 Å². The Hall–Kier alpha value is -1.38. The maximum Gasteiger partial charge on any atom is 0.316 e. The van der Waals surface area contributed by atoms with Gasteiger partial charge in [-0.2, -0.15) is 0 Å². The molecule has 0 radical (unpaired) electrons. The van der Waals surface area contributed by atoms with E-state index < -0.39 is 10.8 Å². The Kier molecular flexibility index (Phi) is 3.20. The quantitative estimate of drug-likeness (QED) is 0.539. The molecular weight excluding hydrogens is 240 g/mol. The van der Waals surface area contributed by atoms with E-state index in [1.165, 1.54) is 12.7 Å². The highest BCUT2D eigenvalue weighted by Crippen LogP contribution is 2.57. The van der Waals surface area contributed by atoms with Crippen molar-refractivity contribution in [1.29, 1.82) is 0 Å². The highest BCUT2D eigenvalue weighted by molar-refractivity contribution is 5.96. The summed E-state index contributed by atoms with van der Waals surface area (Å²) in [7, 11) is 1.40. The van der Waals surface area contributed by atoms with Gasteiger partial charge in [0.2, 0.25) is 0 Å². The molecule has 104 valence electrons. The Bertz CT molecular complexity index is 496. The zero-order chi connectivity index (χ0) is 14.4. The van der Waals surface area contributed by atoms with Gasteiger partial charge in [-0.3, -0.25) is 9.59 Å². The molecule has 1 fully saturated rings. The Morgan fingerprint density at radius 1 is 1.42 bits per heavy atom. The third-order valence-corrected chi connectivity index (χ3v) is 4.77. The van der Waals surface area contributed by atoms with Crippen LogP contribution < -0.4 is 0 Å². The van der Waals surface area contributed by atoms with Crippen LogP contribution in [-0.4, -0.2) is 18.9 Å². The standard InChI is InChI=1S/C16H22O3/c1-6-11-12-7-10(2)8-16(11,14(18)19-5)9-13(17)15(12,3)4/h6-7,12H,8-9H2,1-5H3/t12-,16+/m1/s1. The number of hydrogen-bond acceptors (Lipinski definition) is 3. The molecule has 0 aliphatic heterocycles. The second-order valence-electron chi connectivity index (χ2n) is 6.31. The predicted octanol–water partition coefficient (Wildman–Crippen LogP) is 3.06. The first-order chi connectivity index (χ1) is 8.79. The molecule has 0 aromatic carbocycles. The maximum atomic E-state index is 12.5. The first-order valence-corrected chi connectivity index (χ1v) is 6.75. The van der Waals surface area contributed by atoms with Gasteiger partial charge < -0.3 is 4.74 Å². The number of fused-ring (bicyclic) bond motifs is 2. The lowest BCUT2D eigenvalue weighted by molar-refractivity contribution is -0.157. The monoisotopic (exact) mass is 262 g/mol. The van der Waals surface area contributed by atoms with Crippen LogP contribution >= 0.6 is 0 Å². The third kappa shape index (κ3) is 1.78. The number of methoxy groups -OCH3 is 1. The van der Waals surface area contributed by atoms with Crippen LogP contribution in [0.4, 0.5) is 0 Å². The Morgan fingerprint density at radius 2 is 2.05 bits per heavy atom. The molecule has 0 heterocycles. The van der Waals surface area contributed by atoms with Crippen LogP contribution in [0.2, 0.25) is 0 Å². The lowest BCUT2D eigenvalue weighted by Gasteiger charge is -2.50. The summed E-state index contributed by atoms with van der Waals surface area (Å²) in [6.45, 7) is 7.92. The molecular formula is C16H22O3. The highest BCUT2D eigenvalue weighted by atomic mass is 16.5. The molecule has 2 rings (SSSR count). The molecule has 19 heavy (non-hydrogen) atoms. The van der Waals surface area contributed by atoms with E-state index in [2.05, 4.69) is 6.08 Å². The first-order valence-electron chi connectivity index (χ1n) is 6.75. The van der Waals surface area contributed by atoms with Crippen molar-refractivity contribution >= 4 is 11.8 Å². The van der Waals surface area contributed by atoms with Crippen LogP contribution in [0.3, 0.4) is 0 Å². The summed E-state index contributed by atoms with van der Waals surface area (Å²) < 4.78 is 5.00. The van der Waals surface area contributed by atoms with Crippen molar-refractivity contribution in [3.05, 3.63) is 23.3 Å². The molecule has 2 aliphatic rings. The summed E-state index contributed by atoms with van der Waals surface area (Å²) in [5.74, 6) is -0.120. The Balaban J connectivity index is 2.66. The average molecular weight is 262 g/mol. The van der Waals surface area contributed by atoms with E-state index in [0.29, 0.717) is 6.42 Å². The van der Waals surface area contributed by atoms with Gasteiger partial charge in [0, 0.05) is 17.8 Å². The topological polar surface area (TPSA) is 43.4 Å². The number of carbonyl (C=O) groups is 2. The number of hydrogen-bond donors (Lipinski definition) is 0. The van der Waals surface area contributed by atoms with Gasteiger partial charge >= 0.3 is 5.97 Å². The van der Waals surface area contributed by atoms with Crippen LogP contribution in [0.5, 0.6) is 0 Å². The highest BCUT2D eigenvalue weighted by Gasteiger charge is 2.58. The maximum absolute atomic E-state index is 12.5. The van der Waals surface area contributed by atoms with Crippen molar-refractivity contribution in [3.8, 4) is 0 Å². The number of Topliss-reactive ketones (excluding diaryl/α,β-unsaturated/α-hetero) is 1. The van der Waals surface area contributed by atoms with Crippen LogP contribution in [0.1, 0.15) is 40.5 Å². The van der Waals surface area contributed by atoms with Crippen LogP contribution in [0.25, 0.3) is 0 Å². The number of esters is 1. The number of allylic oxidation sites excluding steroid dienone is 3. The average Bonchev–Trinajstić information content (AvgIpc) is 2.35. The second-order valence-corrected chi connectivity index (χ2v) is 6.31. The van der Waals surface area contributed by atoms with Gasteiger partial charge in [0.1, 0.15) is 5.78 Å². The van der Waals surface area contributed by atoms with Gasteiger partial charge in [-0.1, -0.05) is 31.6 Å². The number of ketones is 1. The first kappa shape index (κ1) is 14.0. The minimum absolute atomic E-state index is 0.00611. The Labute approximate surface area is 114 Å². The molecule has 0 spiro atoms. The molecule has 0 amide bonds. The molecule has 0 aromatic rings. The van der Waals surface area contributed by atoms with Crippen molar-refractivity contribution in [3.63, 3.8) is 0 Å². The van der Waals surface area contributed by atoms with Gasteiger partial charge in [-0.25, -0.2) is 0 Å². The second kappa shape index (κ2) is 4.32.